The lowest BCUT2D eigenvalue weighted by Gasteiger charge is -2.46. The van der Waals surface area contributed by atoms with Gasteiger partial charge in [-0.15, -0.1) is 0 Å². The molecule has 2 aliphatic rings. The number of piperidine rings is 1. The Kier molecular flexibility index (Phi) is 5.08. The zero-order valence-electron chi connectivity index (χ0n) is 12.7. The zero-order chi connectivity index (χ0) is 13.0. The van der Waals surface area contributed by atoms with E-state index in [1.807, 2.05) is 0 Å². The van der Waals surface area contributed by atoms with E-state index in [0.29, 0.717) is 0 Å². The molecule has 0 unspecified atom stereocenters. The minimum Gasteiger partial charge on any atom is -0.309 e. The average molecular weight is 252 g/mol. The summed E-state index contributed by atoms with van der Waals surface area (Å²) < 4.78 is 0. The molecule has 2 nitrogen and oxygen atoms in total. The molecule has 0 N–H and O–H groups in total. The van der Waals surface area contributed by atoms with Crippen molar-refractivity contribution in [3.05, 3.63) is 0 Å². The molecule has 1 saturated carbocycles. The van der Waals surface area contributed by atoms with E-state index in [0.717, 1.165) is 11.3 Å². The van der Waals surface area contributed by atoms with Crippen LogP contribution in [0, 0.1) is 11.3 Å². The third-order valence-electron chi connectivity index (χ3n) is 5.18. The second-order valence-corrected chi connectivity index (χ2v) is 7.20. The lowest BCUT2D eigenvalue weighted by atomic mass is 9.65. The van der Waals surface area contributed by atoms with Gasteiger partial charge in [0.15, 0.2) is 0 Å². The lowest BCUT2D eigenvalue weighted by Crippen LogP contribution is -2.42. The number of hydrogen-bond donors (Lipinski definition) is 0. The fraction of sp³-hybridized carbons (Fsp3) is 1.00. The van der Waals surface area contributed by atoms with Crippen LogP contribution in [0.15, 0.2) is 0 Å². The third-order valence-corrected chi connectivity index (χ3v) is 5.18. The van der Waals surface area contributed by atoms with Gasteiger partial charge in [-0.25, -0.2) is 0 Å². The molecule has 0 aromatic carbocycles. The molecule has 1 heterocycles. The first-order valence-corrected chi connectivity index (χ1v) is 7.97. The molecule has 1 saturated heterocycles. The molecule has 0 radical (unpaired) electrons. The van der Waals surface area contributed by atoms with Gasteiger partial charge in [0.2, 0.25) is 0 Å². The summed E-state index contributed by atoms with van der Waals surface area (Å²) in [6.07, 6.45) is 10.3. The van der Waals surface area contributed by atoms with Crippen molar-refractivity contribution in [3.8, 4) is 0 Å². The van der Waals surface area contributed by atoms with Crippen LogP contribution >= 0.6 is 0 Å². The quantitative estimate of drug-likeness (QED) is 0.758. The Morgan fingerprint density at radius 2 is 1.89 bits per heavy atom. The molecule has 1 atom stereocenters. The Labute approximate surface area is 114 Å². The lowest BCUT2D eigenvalue weighted by molar-refractivity contribution is 0.0480. The van der Waals surface area contributed by atoms with E-state index < -0.39 is 0 Å². The monoisotopic (exact) mass is 252 g/mol. The van der Waals surface area contributed by atoms with Gasteiger partial charge in [-0.05, 0) is 83.7 Å². The summed E-state index contributed by atoms with van der Waals surface area (Å²) in [5.74, 6) is 0.985. The van der Waals surface area contributed by atoms with E-state index in [-0.39, 0.29) is 0 Å². The first-order chi connectivity index (χ1) is 8.60. The Bertz CT molecular complexity index is 241. The molecule has 2 fully saturated rings. The Balaban J connectivity index is 1.70. The highest BCUT2D eigenvalue weighted by molar-refractivity contribution is 4.90. The van der Waals surface area contributed by atoms with Crippen molar-refractivity contribution in [2.24, 2.45) is 11.3 Å². The van der Waals surface area contributed by atoms with Crippen LogP contribution in [0.4, 0.5) is 0 Å². The number of rotatable bonds is 4. The molecule has 1 spiro atoms. The molecular formula is C16H32N2. The SMILES string of the molecule is C[C@H]1CCCC2(CCN(CCCN(C)C)CC2)C1. The van der Waals surface area contributed by atoms with Gasteiger partial charge in [0.25, 0.3) is 0 Å². The zero-order valence-corrected chi connectivity index (χ0v) is 12.7. The van der Waals surface area contributed by atoms with Gasteiger partial charge in [0.05, 0.1) is 0 Å². The molecule has 0 bridgehead atoms. The Morgan fingerprint density at radius 1 is 1.17 bits per heavy atom. The molecule has 0 aromatic heterocycles. The van der Waals surface area contributed by atoms with Gasteiger partial charge in [-0.2, -0.15) is 0 Å². The number of nitrogens with zero attached hydrogens (tertiary/aromatic N) is 2. The van der Waals surface area contributed by atoms with Crippen LogP contribution in [0.1, 0.15) is 51.9 Å². The predicted molar refractivity (Wildman–Crippen MR) is 78.9 cm³/mol. The van der Waals surface area contributed by atoms with Crippen molar-refractivity contribution in [1.82, 2.24) is 9.80 Å². The van der Waals surface area contributed by atoms with E-state index >= 15 is 0 Å². The van der Waals surface area contributed by atoms with Gasteiger partial charge in [-0.1, -0.05) is 19.8 Å². The Morgan fingerprint density at radius 3 is 2.50 bits per heavy atom. The molecule has 106 valence electrons. The van der Waals surface area contributed by atoms with Crippen molar-refractivity contribution in [2.75, 3.05) is 40.3 Å². The summed E-state index contributed by atoms with van der Waals surface area (Å²) in [5, 5.41) is 0. The summed E-state index contributed by atoms with van der Waals surface area (Å²) in [4.78, 5) is 5.00. The maximum Gasteiger partial charge on any atom is -0.000654 e. The van der Waals surface area contributed by atoms with Crippen molar-refractivity contribution in [1.29, 1.82) is 0 Å². The van der Waals surface area contributed by atoms with Crippen molar-refractivity contribution in [2.45, 2.75) is 51.9 Å². The fourth-order valence-electron chi connectivity index (χ4n) is 4.08. The molecule has 1 aliphatic heterocycles. The average Bonchev–Trinajstić information content (AvgIpc) is 2.31. The summed E-state index contributed by atoms with van der Waals surface area (Å²) in [7, 11) is 4.35. The maximum absolute atomic E-state index is 2.70. The van der Waals surface area contributed by atoms with Gasteiger partial charge < -0.3 is 9.80 Å². The molecule has 0 aromatic rings. The van der Waals surface area contributed by atoms with Gasteiger partial charge in [0.1, 0.15) is 0 Å². The first kappa shape index (κ1) is 14.3. The molecular weight excluding hydrogens is 220 g/mol. The summed E-state index contributed by atoms with van der Waals surface area (Å²) >= 11 is 0. The van der Waals surface area contributed by atoms with Crippen LogP contribution in [0.25, 0.3) is 0 Å². The number of hydrogen-bond acceptors (Lipinski definition) is 2. The van der Waals surface area contributed by atoms with Crippen LogP contribution < -0.4 is 0 Å². The summed E-state index contributed by atoms with van der Waals surface area (Å²) in [6, 6.07) is 0. The van der Waals surface area contributed by atoms with Crippen LogP contribution in [-0.4, -0.2) is 50.1 Å². The first-order valence-electron chi connectivity index (χ1n) is 7.97. The van der Waals surface area contributed by atoms with Crippen LogP contribution in [0.5, 0.6) is 0 Å². The van der Waals surface area contributed by atoms with Gasteiger partial charge in [0, 0.05) is 0 Å². The third kappa shape index (κ3) is 3.96. The normalized spacial score (nSPS) is 29.0. The molecule has 1 aliphatic carbocycles. The minimum atomic E-state index is 0.746. The topological polar surface area (TPSA) is 6.48 Å². The largest absolute Gasteiger partial charge is 0.309 e. The van der Waals surface area contributed by atoms with Crippen LogP contribution in [0.2, 0.25) is 0 Å². The highest BCUT2D eigenvalue weighted by atomic mass is 15.1. The van der Waals surface area contributed by atoms with Crippen LogP contribution in [0.3, 0.4) is 0 Å². The van der Waals surface area contributed by atoms with E-state index in [9.17, 15) is 0 Å². The van der Waals surface area contributed by atoms with Crippen molar-refractivity contribution in [3.63, 3.8) is 0 Å². The van der Waals surface area contributed by atoms with E-state index in [2.05, 4.69) is 30.8 Å². The maximum atomic E-state index is 2.70. The predicted octanol–water partition coefficient (Wildman–Crippen LogP) is 3.23. The Hall–Kier alpha value is -0.0800. The van der Waals surface area contributed by atoms with E-state index in [1.54, 1.807) is 0 Å². The number of likely N-dealkylation sites (tertiary alicyclic amines) is 1. The summed E-state index contributed by atoms with van der Waals surface area (Å²) in [6.45, 7) is 7.73. The highest BCUT2D eigenvalue weighted by Crippen LogP contribution is 2.46. The van der Waals surface area contributed by atoms with Gasteiger partial charge >= 0.3 is 0 Å². The highest BCUT2D eigenvalue weighted by Gasteiger charge is 2.37. The van der Waals surface area contributed by atoms with Crippen LogP contribution in [-0.2, 0) is 0 Å². The second-order valence-electron chi connectivity index (χ2n) is 7.20. The van der Waals surface area contributed by atoms with E-state index in [1.165, 1.54) is 71.1 Å². The van der Waals surface area contributed by atoms with Crippen molar-refractivity contribution < 1.29 is 0 Å². The standard InChI is InChI=1S/C16H32N2/c1-15-6-4-7-16(14-15)8-12-18(13-9-16)11-5-10-17(2)3/h15H,4-14H2,1-3H3/t15-/m0/s1. The molecule has 2 rings (SSSR count). The molecule has 18 heavy (non-hydrogen) atoms. The fourth-order valence-corrected chi connectivity index (χ4v) is 4.08. The molecule has 0 amide bonds. The van der Waals surface area contributed by atoms with Crippen molar-refractivity contribution >= 4 is 0 Å². The smallest absolute Gasteiger partial charge is 0.000654 e. The molecule has 2 heteroatoms. The summed E-state index contributed by atoms with van der Waals surface area (Å²) in [5.41, 5.74) is 0.746. The van der Waals surface area contributed by atoms with E-state index in [4.69, 9.17) is 0 Å². The van der Waals surface area contributed by atoms with Gasteiger partial charge in [-0.3, -0.25) is 0 Å². The second kappa shape index (κ2) is 6.38. The minimum absolute atomic E-state index is 0.746.